The molecule has 1 aliphatic rings. The smallest absolute Gasteiger partial charge is 0.263 e. The first-order valence-electron chi connectivity index (χ1n) is 5.07. The van der Waals surface area contributed by atoms with Crippen molar-refractivity contribution < 1.29 is 0 Å². The number of nitrogens with zero attached hydrogens (tertiary/aromatic N) is 1. The van der Waals surface area contributed by atoms with Gasteiger partial charge >= 0.3 is 0 Å². The van der Waals surface area contributed by atoms with Crippen molar-refractivity contribution in [2.24, 2.45) is 0 Å². The van der Waals surface area contributed by atoms with Crippen LogP contribution in [0.25, 0.3) is 10.2 Å². The molecule has 3 nitrogen and oxygen atoms in total. The van der Waals surface area contributed by atoms with Gasteiger partial charge in [-0.15, -0.1) is 11.3 Å². The third-order valence-corrected chi connectivity index (χ3v) is 5.10. The number of fused-ring (bicyclic) bond motifs is 1. The van der Waals surface area contributed by atoms with E-state index in [4.69, 9.17) is 12.2 Å². The second-order valence-electron chi connectivity index (χ2n) is 3.79. The normalized spacial score (nSPS) is 20.6. The Balaban J connectivity index is 2.30. The average molecular weight is 270 g/mol. The number of aromatic amines is 1. The number of hydrogen-bond acceptors (Lipinski definition) is 4. The van der Waals surface area contributed by atoms with Gasteiger partial charge in [0, 0.05) is 11.8 Å². The number of rotatable bonds is 1. The van der Waals surface area contributed by atoms with Gasteiger partial charge in [0.25, 0.3) is 5.56 Å². The van der Waals surface area contributed by atoms with Crippen molar-refractivity contribution in [3.8, 4) is 0 Å². The van der Waals surface area contributed by atoms with Crippen LogP contribution in [-0.2, 0) is 0 Å². The van der Waals surface area contributed by atoms with E-state index in [-0.39, 0.29) is 11.6 Å². The third kappa shape index (κ3) is 1.56. The summed E-state index contributed by atoms with van der Waals surface area (Å²) >= 11 is 8.69. The van der Waals surface area contributed by atoms with Crippen molar-refractivity contribution in [2.45, 2.75) is 12.5 Å². The molecule has 1 unspecified atom stereocenters. The van der Waals surface area contributed by atoms with E-state index in [1.54, 1.807) is 4.57 Å². The van der Waals surface area contributed by atoms with E-state index in [1.807, 2.05) is 23.2 Å². The lowest BCUT2D eigenvalue weighted by molar-refractivity contribution is 0.531. The van der Waals surface area contributed by atoms with Crippen molar-refractivity contribution in [2.75, 3.05) is 11.5 Å². The molecule has 1 saturated heterocycles. The van der Waals surface area contributed by atoms with E-state index >= 15 is 0 Å². The molecule has 3 heterocycles. The third-order valence-electron chi connectivity index (χ3n) is 2.82. The minimum Gasteiger partial charge on any atom is -0.323 e. The second kappa shape index (κ2) is 4.01. The molecule has 1 N–H and O–H groups in total. The lowest BCUT2D eigenvalue weighted by Crippen LogP contribution is -2.26. The Kier molecular flexibility index (Phi) is 2.65. The van der Waals surface area contributed by atoms with Crippen LogP contribution in [0.1, 0.15) is 12.5 Å². The summed E-state index contributed by atoms with van der Waals surface area (Å²) in [6, 6.07) is 2.14. The molecule has 0 aliphatic carbocycles. The van der Waals surface area contributed by atoms with Gasteiger partial charge in [-0.25, -0.2) is 0 Å². The van der Waals surface area contributed by atoms with Crippen LogP contribution in [0.15, 0.2) is 16.2 Å². The first-order chi connectivity index (χ1) is 7.77. The lowest BCUT2D eigenvalue weighted by Gasteiger charge is -2.12. The van der Waals surface area contributed by atoms with Crippen molar-refractivity contribution in [3.63, 3.8) is 0 Å². The highest BCUT2D eigenvalue weighted by molar-refractivity contribution is 7.99. The molecular formula is C10H10N2OS3. The van der Waals surface area contributed by atoms with Gasteiger partial charge < -0.3 is 4.98 Å². The van der Waals surface area contributed by atoms with Crippen LogP contribution < -0.4 is 5.56 Å². The fourth-order valence-electron chi connectivity index (χ4n) is 2.01. The lowest BCUT2D eigenvalue weighted by atomic mass is 10.2. The van der Waals surface area contributed by atoms with Crippen LogP contribution in [0.3, 0.4) is 0 Å². The zero-order valence-electron chi connectivity index (χ0n) is 8.43. The number of aromatic nitrogens is 2. The molecule has 6 heteroatoms. The Morgan fingerprint density at radius 3 is 3.19 bits per heavy atom. The second-order valence-corrected chi connectivity index (χ2v) is 6.24. The first kappa shape index (κ1) is 10.6. The van der Waals surface area contributed by atoms with Gasteiger partial charge in [0.2, 0.25) is 0 Å². The van der Waals surface area contributed by atoms with Crippen LogP contribution in [0.2, 0.25) is 0 Å². The van der Waals surface area contributed by atoms with Gasteiger partial charge in [-0.3, -0.25) is 9.36 Å². The van der Waals surface area contributed by atoms with E-state index in [2.05, 4.69) is 4.98 Å². The molecule has 1 fully saturated rings. The number of thiophene rings is 1. The van der Waals surface area contributed by atoms with Crippen LogP contribution in [0.5, 0.6) is 0 Å². The minimum atomic E-state index is 0.0625. The fraction of sp³-hybridized carbons (Fsp3) is 0.400. The number of H-pyrrole nitrogens is 1. The molecule has 16 heavy (non-hydrogen) atoms. The summed E-state index contributed by atoms with van der Waals surface area (Å²) in [5.41, 5.74) is 0.0625. The molecule has 0 saturated carbocycles. The predicted molar refractivity (Wildman–Crippen MR) is 72.2 cm³/mol. The maximum Gasteiger partial charge on any atom is 0.263 e. The molecule has 0 amide bonds. The summed E-state index contributed by atoms with van der Waals surface area (Å²) in [4.78, 5) is 16.3. The fourth-order valence-corrected chi connectivity index (χ4v) is 4.38. The van der Waals surface area contributed by atoms with Gasteiger partial charge in [-0.1, -0.05) is 0 Å². The summed E-state index contributed by atoms with van der Waals surface area (Å²) in [5.74, 6) is 2.11. The Hall–Kier alpha value is -0.590. The zero-order valence-corrected chi connectivity index (χ0v) is 10.9. The summed E-state index contributed by atoms with van der Waals surface area (Å²) in [7, 11) is 0. The largest absolute Gasteiger partial charge is 0.323 e. The van der Waals surface area contributed by atoms with Crippen molar-refractivity contribution >= 4 is 45.5 Å². The van der Waals surface area contributed by atoms with Crippen LogP contribution in [-0.4, -0.2) is 21.1 Å². The molecule has 2 aromatic heterocycles. The maximum atomic E-state index is 12.3. The first-order valence-corrected chi connectivity index (χ1v) is 7.51. The topological polar surface area (TPSA) is 37.8 Å². The molecule has 1 aliphatic heterocycles. The SMILES string of the molecule is O=c1c2ccsc2[nH]c(=S)n1C1CCSC1. The van der Waals surface area contributed by atoms with Crippen LogP contribution >= 0.6 is 35.3 Å². The van der Waals surface area contributed by atoms with E-state index in [0.29, 0.717) is 4.77 Å². The molecule has 1 atom stereocenters. The molecule has 0 aromatic carbocycles. The van der Waals surface area contributed by atoms with E-state index in [0.717, 1.165) is 28.1 Å². The Morgan fingerprint density at radius 1 is 1.56 bits per heavy atom. The van der Waals surface area contributed by atoms with Gasteiger partial charge in [0.1, 0.15) is 4.83 Å². The minimum absolute atomic E-state index is 0.0625. The van der Waals surface area contributed by atoms with Crippen molar-refractivity contribution in [1.82, 2.24) is 9.55 Å². The Labute approximate surface area is 106 Å². The number of thioether (sulfide) groups is 1. The van der Waals surface area contributed by atoms with E-state index in [1.165, 1.54) is 11.3 Å². The quantitative estimate of drug-likeness (QED) is 0.810. The number of nitrogens with one attached hydrogen (secondary N) is 1. The van der Waals surface area contributed by atoms with Crippen LogP contribution in [0.4, 0.5) is 0 Å². The maximum absolute atomic E-state index is 12.3. The molecule has 0 spiro atoms. The summed E-state index contributed by atoms with van der Waals surface area (Å²) in [5, 5.41) is 2.68. The Bertz CT molecular complexity index is 633. The van der Waals surface area contributed by atoms with Crippen molar-refractivity contribution in [1.29, 1.82) is 0 Å². The van der Waals surface area contributed by atoms with Gasteiger partial charge in [-0.2, -0.15) is 11.8 Å². The van der Waals surface area contributed by atoms with Gasteiger partial charge in [-0.05, 0) is 35.8 Å². The molecule has 84 valence electrons. The Morgan fingerprint density at radius 2 is 2.44 bits per heavy atom. The summed E-state index contributed by atoms with van der Waals surface area (Å²) in [6.07, 6.45) is 1.04. The molecular weight excluding hydrogens is 260 g/mol. The highest BCUT2D eigenvalue weighted by Crippen LogP contribution is 2.27. The highest BCUT2D eigenvalue weighted by Gasteiger charge is 2.20. The highest BCUT2D eigenvalue weighted by atomic mass is 32.2. The summed E-state index contributed by atoms with van der Waals surface area (Å²) < 4.78 is 2.32. The van der Waals surface area contributed by atoms with E-state index < -0.39 is 0 Å². The van der Waals surface area contributed by atoms with E-state index in [9.17, 15) is 4.79 Å². The molecule has 2 aromatic rings. The molecule has 3 rings (SSSR count). The number of hydrogen-bond donors (Lipinski definition) is 1. The monoisotopic (exact) mass is 270 g/mol. The van der Waals surface area contributed by atoms with Gasteiger partial charge in [0.15, 0.2) is 4.77 Å². The predicted octanol–water partition coefficient (Wildman–Crippen LogP) is 2.80. The van der Waals surface area contributed by atoms with Gasteiger partial charge in [0.05, 0.1) is 5.39 Å². The molecule has 0 radical (unpaired) electrons. The van der Waals surface area contributed by atoms with Crippen LogP contribution in [0, 0.1) is 4.77 Å². The summed E-state index contributed by atoms with van der Waals surface area (Å²) in [6.45, 7) is 0. The zero-order chi connectivity index (χ0) is 11.1. The van der Waals surface area contributed by atoms with Crippen molar-refractivity contribution in [3.05, 3.63) is 26.6 Å². The standard InChI is InChI=1S/C10H10N2OS3/c13-9-7-2-4-16-8(7)11-10(14)12(9)6-1-3-15-5-6/h2,4,6H,1,3,5H2,(H,11,14). The average Bonchev–Trinajstić information content (AvgIpc) is 2.87. The molecule has 0 bridgehead atoms.